The maximum Gasteiger partial charge on any atom is 0.194 e. The number of rotatable bonds is 5. The van der Waals surface area contributed by atoms with Crippen LogP contribution in [0.25, 0.3) is 0 Å². The van der Waals surface area contributed by atoms with E-state index in [1.807, 2.05) is 19.1 Å². The van der Waals surface area contributed by atoms with Gasteiger partial charge in [0.1, 0.15) is 0 Å². The molecule has 21 heavy (non-hydrogen) atoms. The highest BCUT2D eigenvalue weighted by molar-refractivity contribution is 6.31. The number of likely N-dealkylation sites (N-methyl/N-ethyl adjacent to an activating group) is 1. The number of nitrogens with one attached hydrogen (secondary N) is 1. The Hall–Kier alpha value is -1.52. The van der Waals surface area contributed by atoms with Gasteiger partial charge in [0.05, 0.1) is 0 Å². The van der Waals surface area contributed by atoms with E-state index in [1.54, 1.807) is 12.1 Å². The monoisotopic (exact) mass is 313 g/mol. The highest BCUT2D eigenvalue weighted by Crippen LogP contribution is 2.27. The first-order valence-electron chi connectivity index (χ1n) is 6.64. The lowest BCUT2D eigenvalue weighted by Crippen LogP contribution is -2.24. The third kappa shape index (κ3) is 3.57. The SMILES string of the molecule is CCNC(Cc1ccccc1Cl)c1ccc(F)c(F)c1F. The fourth-order valence-corrected chi connectivity index (χ4v) is 2.45. The summed E-state index contributed by atoms with van der Waals surface area (Å²) >= 11 is 6.10. The van der Waals surface area contributed by atoms with Gasteiger partial charge >= 0.3 is 0 Å². The van der Waals surface area contributed by atoms with Crippen LogP contribution in [0.2, 0.25) is 5.02 Å². The number of hydrogen-bond donors (Lipinski definition) is 1. The highest BCUT2D eigenvalue weighted by Gasteiger charge is 2.21. The lowest BCUT2D eigenvalue weighted by atomic mass is 9.98. The van der Waals surface area contributed by atoms with Crippen molar-refractivity contribution in [3.8, 4) is 0 Å². The highest BCUT2D eigenvalue weighted by atomic mass is 35.5. The predicted molar refractivity (Wildman–Crippen MR) is 77.9 cm³/mol. The molecule has 0 aliphatic heterocycles. The van der Waals surface area contributed by atoms with Crippen LogP contribution < -0.4 is 5.32 Å². The molecule has 0 amide bonds. The second-order valence-electron chi connectivity index (χ2n) is 4.67. The molecule has 0 aliphatic carbocycles. The summed E-state index contributed by atoms with van der Waals surface area (Å²) in [6, 6.07) is 8.90. The maximum atomic E-state index is 14.0. The number of benzene rings is 2. The standard InChI is InChI=1S/C16H15ClF3N/c1-2-21-14(9-10-5-3-4-6-12(10)17)11-7-8-13(18)16(20)15(11)19/h3-8,14,21H,2,9H2,1H3. The van der Waals surface area contributed by atoms with Crippen molar-refractivity contribution >= 4 is 11.6 Å². The molecular weight excluding hydrogens is 299 g/mol. The minimum atomic E-state index is -1.45. The van der Waals surface area contributed by atoms with Gasteiger partial charge < -0.3 is 5.32 Å². The molecule has 1 N–H and O–H groups in total. The Morgan fingerprint density at radius 2 is 1.76 bits per heavy atom. The van der Waals surface area contributed by atoms with Crippen molar-refractivity contribution in [2.24, 2.45) is 0 Å². The summed E-state index contributed by atoms with van der Waals surface area (Å²) in [5, 5.41) is 3.63. The first-order valence-corrected chi connectivity index (χ1v) is 7.02. The second-order valence-corrected chi connectivity index (χ2v) is 5.08. The molecule has 5 heteroatoms. The van der Waals surface area contributed by atoms with Crippen molar-refractivity contribution in [1.82, 2.24) is 5.32 Å². The minimum Gasteiger partial charge on any atom is -0.310 e. The Morgan fingerprint density at radius 3 is 2.43 bits per heavy atom. The van der Waals surface area contributed by atoms with Gasteiger partial charge in [-0.25, -0.2) is 13.2 Å². The molecule has 0 fully saturated rings. The van der Waals surface area contributed by atoms with Crippen molar-refractivity contribution in [3.63, 3.8) is 0 Å². The van der Waals surface area contributed by atoms with Gasteiger partial charge in [0.25, 0.3) is 0 Å². The molecule has 1 unspecified atom stereocenters. The van der Waals surface area contributed by atoms with E-state index in [0.717, 1.165) is 11.6 Å². The Labute approximate surface area is 126 Å². The number of hydrogen-bond acceptors (Lipinski definition) is 1. The zero-order valence-electron chi connectivity index (χ0n) is 11.5. The zero-order chi connectivity index (χ0) is 15.4. The summed E-state index contributed by atoms with van der Waals surface area (Å²) < 4.78 is 40.4. The summed E-state index contributed by atoms with van der Waals surface area (Å²) in [7, 11) is 0. The molecule has 2 aromatic carbocycles. The molecule has 0 heterocycles. The van der Waals surface area contributed by atoms with Gasteiger partial charge in [-0.15, -0.1) is 0 Å². The third-order valence-corrected chi connectivity index (χ3v) is 3.64. The van der Waals surface area contributed by atoms with Crippen molar-refractivity contribution in [1.29, 1.82) is 0 Å². The van der Waals surface area contributed by atoms with E-state index in [1.165, 1.54) is 6.07 Å². The van der Waals surface area contributed by atoms with Crippen molar-refractivity contribution < 1.29 is 13.2 Å². The van der Waals surface area contributed by atoms with Crippen LogP contribution in [-0.2, 0) is 6.42 Å². The molecule has 2 aromatic rings. The summed E-state index contributed by atoms with van der Waals surface area (Å²) in [4.78, 5) is 0. The van der Waals surface area contributed by atoms with Gasteiger partial charge in [-0.1, -0.05) is 42.8 Å². The van der Waals surface area contributed by atoms with Gasteiger partial charge in [-0.3, -0.25) is 0 Å². The minimum absolute atomic E-state index is 0.0932. The van der Waals surface area contributed by atoms with Crippen LogP contribution in [-0.4, -0.2) is 6.54 Å². The Kier molecular flexibility index (Phi) is 5.26. The molecule has 0 aliphatic rings. The zero-order valence-corrected chi connectivity index (χ0v) is 12.2. The molecule has 0 bridgehead atoms. The lowest BCUT2D eigenvalue weighted by Gasteiger charge is -2.20. The quantitative estimate of drug-likeness (QED) is 0.792. The van der Waals surface area contributed by atoms with E-state index in [0.29, 0.717) is 18.0 Å². The van der Waals surface area contributed by atoms with Crippen LogP contribution >= 0.6 is 11.6 Å². The summed E-state index contributed by atoms with van der Waals surface area (Å²) in [6.07, 6.45) is 0.384. The van der Waals surface area contributed by atoms with Gasteiger partial charge in [0, 0.05) is 16.6 Å². The molecule has 0 saturated heterocycles. The summed E-state index contributed by atoms with van der Waals surface area (Å²) in [5.41, 5.74) is 0.907. The number of halogens is 4. The van der Waals surface area contributed by atoms with E-state index < -0.39 is 23.5 Å². The molecular formula is C16H15ClF3N. The van der Waals surface area contributed by atoms with Gasteiger partial charge in [-0.05, 0) is 30.7 Å². The average molecular weight is 314 g/mol. The molecule has 1 nitrogen and oxygen atoms in total. The van der Waals surface area contributed by atoms with E-state index in [2.05, 4.69) is 5.32 Å². The Morgan fingerprint density at radius 1 is 1.05 bits per heavy atom. The van der Waals surface area contributed by atoms with Crippen LogP contribution in [0.5, 0.6) is 0 Å². The van der Waals surface area contributed by atoms with Crippen molar-refractivity contribution in [2.75, 3.05) is 6.54 Å². The van der Waals surface area contributed by atoms with Crippen LogP contribution in [0.3, 0.4) is 0 Å². The first kappa shape index (κ1) is 15.9. The predicted octanol–water partition coefficient (Wildman–Crippen LogP) is 4.65. The van der Waals surface area contributed by atoms with Gasteiger partial charge in [0.2, 0.25) is 0 Å². The van der Waals surface area contributed by atoms with Gasteiger partial charge in [-0.2, -0.15) is 0 Å². The lowest BCUT2D eigenvalue weighted by molar-refractivity contribution is 0.425. The Bertz CT molecular complexity index is 631. The maximum absolute atomic E-state index is 14.0. The van der Waals surface area contributed by atoms with Crippen LogP contribution in [0.4, 0.5) is 13.2 Å². The first-order chi connectivity index (χ1) is 10.0. The third-order valence-electron chi connectivity index (χ3n) is 3.27. The topological polar surface area (TPSA) is 12.0 Å². The van der Waals surface area contributed by atoms with Gasteiger partial charge in [0.15, 0.2) is 17.5 Å². The molecule has 0 radical (unpaired) electrons. The fraction of sp³-hybridized carbons (Fsp3) is 0.250. The van der Waals surface area contributed by atoms with E-state index in [9.17, 15) is 13.2 Å². The molecule has 112 valence electrons. The van der Waals surface area contributed by atoms with Crippen molar-refractivity contribution in [3.05, 3.63) is 70.0 Å². The second kappa shape index (κ2) is 6.96. The fourth-order valence-electron chi connectivity index (χ4n) is 2.23. The van der Waals surface area contributed by atoms with Crippen LogP contribution in [0.15, 0.2) is 36.4 Å². The van der Waals surface area contributed by atoms with E-state index >= 15 is 0 Å². The smallest absolute Gasteiger partial charge is 0.194 e. The van der Waals surface area contributed by atoms with E-state index in [-0.39, 0.29) is 5.56 Å². The summed E-state index contributed by atoms with van der Waals surface area (Å²) in [5.74, 6) is -3.80. The van der Waals surface area contributed by atoms with E-state index in [4.69, 9.17) is 11.6 Å². The van der Waals surface area contributed by atoms with Crippen LogP contribution in [0, 0.1) is 17.5 Å². The average Bonchev–Trinajstić information content (AvgIpc) is 2.47. The normalized spacial score (nSPS) is 12.4. The molecule has 2 rings (SSSR count). The molecule has 0 spiro atoms. The largest absolute Gasteiger partial charge is 0.310 e. The Balaban J connectivity index is 2.36. The van der Waals surface area contributed by atoms with Crippen LogP contribution in [0.1, 0.15) is 24.1 Å². The summed E-state index contributed by atoms with van der Waals surface area (Å²) in [6.45, 7) is 2.42. The molecule has 1 atom stereocenters. The van der Waals surface area contributed by atoms with Crippen molar-refractivity contribution in [2.45, 2.75) is 19.4 Å². The molecule has 0 saturated carbocycles. The molecule has 0 aromatic heterocycles.